The molecule has 2 aliphatic heterocycles. The number of piperidine rings is 1. The monoisotopic (exact) mass is 484 g/mol. The van der Waals surface area contributed by atoms with Gasteiger partial charge in [-0.2, -0.15) is 0 Å². The number of aryl methyl sites for hydroxylation is 1. The Morgan fingerprint density at radius 2 is 2.06 bits per heavy atom. The summed E-state index contributed by atoms with van der Waals surface area (Å²) in [6.45, 7) is 6.33. The number of benzene rings is 1. The number of nitrogens with zero attached hydrogens (tertiary/aromatic N) is 4. The van der Waals surface area contributed by atoms with Gasteiger partial charge in [-0.25, -0.2) is 0 Å². The van der Waals surface area contributed by atoms with Crippen molar-refractivity contribution in [1.29, 1.82) is 0 Å². The lowest BCUT2D eigenvalue weighted by atomic mass is 9.95. The minimum atomic E-state index is 0.317. The lowest BCUT2D eigenvalue weighted by Crippen LogP contribution is -2.33. The molecule has 0 aliphatic carbocycles. The van der Waals surface area contributed by atoms with Crippen LogP contribution in [0.2, 0.25) is 0 Å². The van der Waals surface area contributed by atoms with Gasteiger partial charge in [-0.3, -0.25) is 9.47 Å². The average molecular weight is 485 g/mol. The minimum absolute atomic E-state index is 0.317. The first-order chi connectivity index (χ1) is 16.2. The van der Waals surface area contributed by atoms with Crippen molar-refractivity contribution in [2.75, 3.05) is 32.6 Å². The Morgan fingerprint density at radius 1 is 1.18 bits per heavy atom. The van der Waals surface area contributed by atoms with Gasteiger partial charge >= 0.3 is 0 Å². The maximum Gasteiger partial charge on any atom is 0.195 e. The van der Waals surface area contributed by atoms with E-state index < -0.39 is 0 Å². The molecule has 1 atom stereocenters. The molecule has 5 rings (SSSR count). The highest BCUT2D eigenvalue weighted by atomic mass is 32.2. The number of aromatic nitrogens is 3. The van der Waals surface area contributed by atoms with E-state index in [1.165, 1.54) is 10.4 Å². The summed E-state index contributed by atoms with van der Waals surface area (Å²) < 4.78 is 13.6. The van der Waals surface area contributed by atoms with Crippen LogP contribution in [0.15, 0.2) is 40.9 Å². The van der Waals surface area contributed by atoms with Crippen LogP contribution >= 0.6 is 23.1 Å². The van der Waals surface area contributed by atoms with E-state index in [1.54, 1.807) is 18.9 Å². The topological polar surface area (TPSA) is 52.4 Å². The zero-order valence-corrected chi connectivity index (χ0v) is 21.0. The van der Waals surface area contributed by atoms with Crippen molar-refractivity contribution in [1.82, 2.24) is 19.7 Å². The van der Waals surface area contributed by atoms with E-state index in [4.69, 9.17) is 14.6 Å². The van der Waals surface area contributed by atoms with Crippen LogP contribution in [0.4, 0.5) is 0 Å². The predicted molar refractivity (Wildman–Crippen MR) is 134 cm³/mol. The molecule has 2 fully saturated rings. The Hall–Kier alpha value is -1.87. The Balaban J connectivity index is 1.34. The van der Waals surface area contributed by atoms with Crippen molar-refractivity contribution >= 4 is 23.1 Å². The van der Waals surface area contributed by atoms with E-state index in [0.29, 0.717) is 12.0 Å². The molecule has 4 heterocycles. The zero-order chi connectivity index (χ0) is 22.6. The van der Waals surface area contributed by atoms with Crippen LogP contribution in [0.3, 0.4) is 0 Å². The first kappa shape index (κ1) is 22.9. The van der Waals surface area contributed by atoms with Gasteiger partial charge in [0, 0.05) is 35.8 Å². The minimum Gasteiger partial charge on any atom is -0.497 e. The molecule has 0 N–H and O–H groups in total. The molecule has 0 spiro atoms. The highest BCUT2D eigenvalue weighted by molar-refractivity contribution is 7.99. The van der Waals surface area contributed by atoms with E-state index >= 15 is 0 Å². The van der Waals surface area contributed by atoms with Crippen molar-refractivity contribution in [2.45, 2.75) is 56.3 Å². The summed E-state index contributed by atoms with van der Waals surface area (Å²) in [5.74, 6) is 3.25. The van der Waals surface area contributed by atoms with Crippen LogP contribution < -0.4 is 4.74 Å². The second-order valence-electron chi connectivity index (χ2n) is 8.90. The molecule has 8 heteroatoms. The first-order valence-electron chi connectivity index (χ1n) is 11.8. The largest absolute Gasteiger partial charge is 0.497 e. The summed E-state index contributed by atoms with van der Waals surface area (Å²) in [7, 11) is 1.71. The van der Waals surface area contributed by atoms with Gasteiger partial charge in [0.05, 0.1) is 18.9 Å². The van der Waals surface area contributed by atoms with E-state index in [1.807, 2.05) is 23.5 Å². The Morgan fingerprint density at radius 3 is 2.79 bits per heavy atom. The van der Waals surface area contributed by atoms with E-state index in [9.17, 15) is 0 Å². The third-order valence-electron chi connectivity index (χ3n) is 6.68. The van der Waals surface area contributed by atoms with Gasteiger partial charge in [0.15, 0.2) is 5.16 Å². The Bertz CT molecular complexity index is 1050. The van der Waals surface area contributed by atoms with Gasteiger partial charge in [0.2, 0.25) is 0 Å². The van der Waals surface area contributed by atoms with Crippen LogP contribution in [0.1, 0.15) is 47.9 Å². The summed E-state index contributed by atoms with van der Waals surface area (Å²) in [5, 5.41) is 12.5. The molecular formula is C25H32N4O2S2. The molecule has 0 bridgehead atoms. The number of hydrogen-bond acceptors (Lipinski definition) is 7. The maximum absolute atomic E-state index is 5.84. The third kappa shape index (κ3) is 5.29. The molecular weight excluding hydrogens is 452 g/mol. The van der Waals surface area contributed by atoms with E-state index in [-0.39, 0.29) is 0 Å². The van der Waals surface area contributed by atoms with Crippen LogP contribution in [-0.4, -0.2) is 58.3 Å². The number of thioether (sulfide) groups is 1. The quantitative estimate of drug-likeness (QED) is 0.405. The summed E-state index contributed by atoms with van der Waals surface area (Å²) >= 11 is 3.63. The zero-order valence-electron chi connectivity index (χ0n) is 19.4. The fraction of sp³-hybridized carbons (Fsp3) is 0.520. The predicted octanol–water partition coefficient (Wildman–Crippen LogP) is 5.30. The lowest BCUT2D eigenvalue weighted by Gasteiger charge is -2.31. The molecule has 2 aliphatic rings. The van der Waals surface area contributed by atoms with Crippen LogP contribution in [0.25, 0.3) is 5.69 Å². The van der Waals surface area contributed by atoms with Crippen molar-refractivity contribution in [3.05, 3.63) is 52.0 Å². The molecule has 3 aromatic rings. The van der Waals surface area contributed by atoms with Crippen molar-refractivity contribution < 1.29 is 9.47 Å². The van der Waals surface area contributed by atoms with Crippen LogP contribution in [0.5, 0.6) is 5.75 Å². The van der Waals surface area contributed by atoms with Gasteiger partial charge in [0.25, 0.3) is 0 Å². The molecule has 1 aromatic carbocycles. The third-order valence-corrected chi connectivity index (χ3v) is 8.75. The number of thiophene rings is 1. The molecule has 0 radical (unpaired) electrons. The van der Waals surface area contributed by atoms with Crippen LogP contribution in [0, 0.1) is 6.92 Å². The molecule has 0 saturated carbocycles. The second kappa shape index (κ2) is 10.6. The summed E-state index contributed by atoms with van der Waals surface area (Å²) in [4.78, 5) is 4.06. The standard InChI is InChI=1S/C25H32N4O2S2/c1-18-10-14-32-23(18)16-28-11-8-19(9-12-28)24-26-27-25(33-17-22-7-4-13-31-22)29(24)20-5-3-6-21(15-20)30-2/h3,5-6,10,14-15,19,22H,4,7-9,11-13,16-17H2,1-2H3. The highest BCUT2D eigenvalue weighted by Crippen LogP contribution is 2.34. The molecule has 33 heavy (non-hydrogen) atoms. The number of methoxy groups -OCH3 is 1. The second-order valence-corrected chi connectivity index (χ2v) is 10.9. The van der Waals surface area contributed by atoms with Crippen molar-refractivity contribution in [2.24, 2.45) is 0 Å². The average Bonchev–Trinajstić information content (AvgIpc) is 3.60. The molecule has 6 nitrogen and oxygen atoms in total. The maximum atomic E-state index is 5.84. The van der Waals surface area contributed by atoms with E-state index in [2.05, 4.69) is 45.1 Å². The Labute approximate surface area is 204 Å². The number of rotatable bonds is 8. The SMILES string of the molecule is COc1cccc(-n2c(SCC3CCCO3)nnc2C2CCN(Cc3sccc3C)CC2)c1. The molecule has 2 saturated heterocycles. The van der Waals surface area contributed by atoms with Crippen LogP contribution in [-0.2, 0) is 11.3 Å². The van der Waals surface area contributed by atoms with Gasteiger partial charge in [-0.1, -0.05) is 17.8 Å². The van der Waals surface area contributed by atoms with Crippen molar-refractivity contribution in [3.63, 3.8) is 0 Å². The fourth-order valence-corrected chi connectivity index (χ4v) is 6.66. The summed E-state index contributed by atoms with van der Waals surface area (Å²) in [6, 6.07) is 10.5. The summed E-state index contributed by atoms with van der Waals surface area (Å²) in [5.41, 5.74) is 2.48. The van der Waals surface area contributed by atoms with E-state index in [0.717, 1.165) is 80.1 Å². The summed E-state index contributed by atoms with van der Waals surface area (Å²) in [6.07, 6.45) is 4.81. The molecule has 176 valence electrons. The Kier molecular flexibility index (Phi) is 7.35. The molecule has 0 amide bonds. The van der Waals surface area contributed by atoms with Crippen molar-refractivity contribution in [3.8, 4) is 11.4 Å². The van der Waals surface area contributed by atoms with Gasteiger partial charge in [0.1, 0.15) is 11.6 Å². The number of hydrogen-bond donors (Lipinski definition) is 0. The molecule has 2 aromatic heterocycles. The highest BCUT2D eigenvalue weighted by Gasteiger charge is 2.28. The molecule has 1 unspecified atom stereocenters. The number of likely N-dealkylation sites (tertiary alicyclic amines) is 1. The smallest absolute Gasteiger partial charge is 0.195 e. The normalized spacial score (nSPS) is 19.9. The first-order valence-corrected chi connectivity index (χ1v) is 13.7. The lowest BCUT2D eigenvalue weighted by molar-refractivity contribution is 0.129. The van der Waals surface area contributed by atoms with Gasteiger partial charge < -0.3 is 9.47 Å². The van der Waals surface area contributed by atoms with Gasteiger partial charge in [-0.05, 0) is 74.8 Å². The fourth-order valence-electron chi connectivity index (χ4n) is 4.69. The number of ether oxygens (including phenoxy) is 2. The van der Waals surface area contributed by atoms with Gasteiger partial charge in [-0.15, -0.1) is 21.5 Å².